The van der Waals surface area contributed by atoms with Crippen LogP contribution in [-0.2, 0) is 14.8 Å². The molecule has 0 radical (unpaired) electrons. The van der Waals surface area contributed by atoms with E-state index in [4.69, 9.17) is 11.6 Å². The van der Waals surface area contributed by atoms with E-state index in [9.17, 15) is 13.2 Å². The number of benzene rings is 2. The molecule has 1 N–H and O–H groups in total. The molecule has 0 spiro atoms. The maximum atomic E-state index is 12.8. The van der Waals surface area contributed by atoms with Gasteiger partial charge in [-0.2, -0.15) is 8.42 Å². The third kappa shape index (κ3) is 5.02. The predicted molar refractivity (Wildman–Crippen MR) is 123 cm³/mol. The fraction of sp³-hybridized carbons (Fsp3) is 0.364. The van der Waals surface area contributed by atoms with Gasteiger partial charge in [0.15, 0.2) is 0 Å². The number of carbonyl (C=O) groups excluding carboxylic acids is 1. The lowest BCUT2D eigenvalue weighted by Gasteiger charge is -2.36. The minimum atomic E-state index is -3.71. The van der Waals surface area contributed by atoms with Crippen molar-refractivity contribution in [1.29, 1.82) is 0 Å². The van der Waals surface area contributed by atoms with Crippen LogP contribution in [0.3, 0.4) is 0 Å². The first-order chi connectivity index (χ1) is 14.8. The van der Waals surface area contributed by atoms with Crippen molar-refractivity contribution in [3.05, 3.63) is 53.6 Å². The highest BCUT2D eigenvalue weighted by Crippen LogP contribution is 2.28. The van der Waals surface area contributed by atoms with E-state index in [1.165, 1.54) is 6.07 Å². The van der Waals surface area contributed by atoms with Crippen molar-refractivity contribution in [2.75, 3.05) is 36.4 Å². The van der Waals surface area contributed by atoms with Gasteiger partial charge in [0.25, 0.3) is 10.0 Å². The molecule has 1 fully saturated rings. The van der Waals surface area contributed by atoms with Crippen LogP contribution in [0.1, 0.15) is 19.8 Å². The first kappa shape index (κ1) is 21.6. The third-order valence-electron chi connectivity index (χ3n) is 5.54. The van der Waals surface area contributed by atoms with Gasteiger partial charge in [-0.05, 0) is 36.2 Å². The molecule has 31 heavy (non-hydrogen) atoms. The molecule has 0 unspecified atom stereocenters. The number of nitrogens with zero attached hydrogens (tertiary/aromatic N) is 3. The summed E-state index contributed by atoms with van der Waals surface area (Å²) in [5, 5.41) is 3.80. The Balaban J connectivity index is 1.31. The Bertz CT molecular complexity index is 1110. The van der Waals surface area contributed by atoms with Crippen LogP contribution in [0.4, 0.5) is 11.4 Å². The first-order valence-electron chi connectivity index (χ1n) is 10.3. The molecule has 2 aliphatic rings. The molecule has 164 valence electrons. The van der Waals surface area contributed by atoms with Gasteiger partial charge >= 0.3 is 0 Å². The van der Waals surface area contributed by atoms with Crippen LogP contribution in [-0.4, -0.2) is 51.2 Å². The molecule has 1 saturated heterocycles. The maximum Gasteiger partial charge on any atom is 0.286 e. The molecule has 0 aromatic heterocycles. The molecule has 1 amide bonds. The Morgan fingerprint density at radius 1 is 1.13 bits per heavy atom. The predicted octanol–water partition coefficient (Wildman–Crippen LogP) is 3.62. The van der Waals surface area contributed by atoms with Crippen LogP contribution < -0.4 is 10.2 Å². The van der Waals surface area contributed by atoms with Crippen LogP contribution in [0.25, 0.3) is 0 Å². The molecule has 9 heteroatoms. The van der Waals surface area contributed by atoms with Gasteiger partial charge in [-0.1, -0.05) is 36.7 Å². The molecule has 4 rings (SSSR count). The lowest BCUT2D eigenvalue weighted by molar-refractivity contribution is -0.132. The van der Waals surface area contributed by atoms with Gasteiger partial charge in [-0.15, -0.1) is 4.40 Å². The highest BCUT2D eigenvalue weighted by atomic mass is 35.5. The number of hydrogen-bond acceptors (Lipinski definition) is 5. The Morgan fingerprint density at radius 2 is 1.87 bits per heavy atom. The first-order valence-corrected chi connectivity index (χ1v) is 12.1. The molecule has 1 atom stereocenters. The summed E-state index contributed by atoms with van der Waals surface area (Å²) in [5.41, 5.74) is 1.60. The van der Waals surface area contributed by atoms with E-state index in [0.717, 1.165) is 18.8 Å². The van der Waals surface area contributed by atoms with E-state index in [1.807, 2.05) is 36.1 Å². The summed E-state index contributed by atoms with van der Waals surface area (Å²) in [4.78, 5) is 17.1. The summed E-state index contributed by atoms with van der Waals surface area (Å²) in [5.74, 6) is 0.424. The molecule has 0 saturated carbocycles. The second-order valence-corrected chi connectivity index (χ2v) is 10.0. The molecule has 0 bridgehead atoms. The average molecular weight is 461 g/mol. The summed E-state index contributed by atoms with van der Waals surface area (Å²) >= 11 is 6.08. The number of para-hydroxylation sites is 1. The Morgan fingerprint density at radius 3 is 2.61 bits per heavy atom. The van der Waals surface area contributed by atoms with E-state index in [0.29, 0.717) is 42.5 Å². The van der Waals surface area contributed by atoms with Crippen LogP contribution in [0.5, 0.6) is 0 Å². The summed E-state index contributed by atoms with van der Waals surface area (Å²) < 4.78 is 28.7. The van der Waals surface area contributed by atoms with E-state index in [2.05, 4.69) is 14.6 Å². The number of hydrogen-bond donors (Lipinski definition) is 1. The maximum absolute atomic E-state index is 12.8. The highest BCUT2D eigenvalue weighted by molar-refractivity contribution is 7.90. The molecule has 2 aliphatic heterocycles. The Hall–Kier alpha value is -2.58. The van der Waals surface area contributed by atoms with Crippen molar-refractivity contribution in [2.45, 2.75) is 24.7 Å². The van der Waals surface area contributed by atoms with Crippen molar-refractivity contribution < 1.29 is 13.2 Å². The van der Waals surface area contributed by atoms with Crippen LogP contribution in [0.2, 0.25) is 5.02 Å². The van der Waals surface area contributed by atoms with Crippen molar-refractivity contribution in [3.63, 3.8) is 0 Å². The number of amidine groups is 1. The highest BCUT2D eigenvalue weighted by Gasteiger charge is 2.27. The number of fused-ring (bicyclic) bond motifs is 1. The van der Waals surface area contributed by atoms with Gasteiger partial charge in [0, 0.05) is 49.7 Å². The van der Waals surface area contributed by atoms with Crippen LogP contribution in [0, 0.1) is 5.92 Å². The summed E-state index contributed by atoms with van der Waals surface area (Å²) in [6.07, 6.45) is 0.737. The average Bonchev–Trinajstić information content (AvgIpc) is 2.73. The zero-order valence-corrected chi connectivity index (χ0v) is 18.9. The minimum Gasteiger partial charge on any atom is -0.368 e. The number of anilines is 2. The summed E-state index contributed by atoms with van der Waals surface area (Å²) in [6, 6.07) is 14.4. The monoisotopic (exact) mass is 460 g/mol. The number of piperazine rings is 1. The van der Waals surface area contributed by atoms with Crippen LogP contribution >= 0.6 is 11.6 Å². The fourth-order valence-corrected chi connectivity index (χ4v) is 5.31. The molecule has 0 aliphatic carbocycles. The van der Waals surface area contributed by atoms with Gasteiger partial charge in [0.05, 0.1) is 5.69 Å². The summed E-state index contributed by atoms with van der Waals surface area (Å²) in [6.45, 7) is 4.75. The molecular formula is C22H25ClN4O3S. The Kier molecular flexibility index (Phi) is 6.20. The largest absolute Gasteiger partial charge is 0.368 e. The molecule has 2 aromatic rings. The zero-order chi connectivity index (χ0) is 22.0. The lowest BCUT2D eigenvalue weighted by Crippen LogP contribution is -2.49. The summed E-state index contributed by atoms with van der Waals surface area (Å²) in [7, 11) is -3.71. The van der Waals surface area contributed by atoms with Gasteiger partial charge in [-0.3, -0.25) is 4.79 Å². The normalized spacial score (nSPS) is 18.6. The van der Waals surface area contributed by atoms with Crippen molar-refractivity contribution in [3.8, 4) is 0 Å². The number of halogens is 1. The van der Waals surface area contributed by atoms with Crippen LogP contribution in [0.15, 0.2) is 57.8 Å². The number of sulfonamides is 1. The van der Waals surface area contributed by atoms with Crippen molar-refractivity contribution >= 4 is 44.7 Å². The third-order valence-corrected chi connectivity index (χ3v) is 7.15. The van der Waals surface area contributed by atoms with Gasteiger partial charge < -0.3 is 15.1 Å². The Labute approximate surface area is 187 Å². The van der Waals surface area contributed by atoms with Crippen molar-refractivity contribution in [2.24, 2.45) is 10.3 Å². The van der Waals surface area contributed by atoms with Gasteiger partial charge in [0.1, 0.15) is 10.7 Å². The van der Waals surface area contributed by atoms with Crippen molar-refractivity contribution in [1.82, 2.24) is 4.90 Å². The number of rotatable bonds is 5. The topological polar surface area (TPSA) is 82.1 Å². The minimum absolute atomic E-state index is 0.0369. The van der Waals surface area contributed by atoms with E-state index < -0.39 is 10.0 Å². The SMILES string of the molecule is C[C@@H](CC(=O)N1CCN(c2cccc(Cl)c2)CC1)CC1=NS(=O)(=O)c2ccccc2N1. The molecule has 2 heterocycles. The van der Waals surface area contributed by atoms with Gasteiger partial charge in [0.2, 0.25) is 5.91 Å². The second-order valence-electron chi connectivity index (χ2n) is 8.00. The van der Waals surface area contributed by atoms with E-state index in [-0.39, 0.29) is 16.7 Å². The molecular weight excluding hydrogens is 436 g/mol. The van der Waals surface area contributed by atoms with Gasteiger partial charge in [-0.25, -0.2) is 0 Å². The molecule has 7 nitrogen and oxygen atoms in total. The number of nitrogens with one attached hydrogen (secondary N) is 1. The number of carbonyl (C=O) groups is 1. The molecule has 2 aromatic carbocycles. The van der Waals surface area contributed by atoms with E-state index in [1.54, 1.807) is 18.2 Å². The quantitative estimate of drug-likeness (QED) is 0.736. The fourth-order valence-electron chi connectivity index (χ4n) is 3.97. The van der Waals surface area contributed by atoms with E-state index >= 15 is 0 Å². The lowest BCUT2D eigenvalue weighted by atomic mass is 10.0. The standard InChI is InChI=1S/C22H25ClN4O3S/c1-16(13-21-24-19-7-2-3-8-20(19)31(29,30)25-21)14-22(28)27-11-9-26(10-12-27)18-6-4-5-17(23)15-18/h2-8,15-16H,9-14H2,1H3,(H,24,25)/t16-/m1/s1. The second kappa shape index (κ2) is 8.88. The zero-order valence-electron chi connectivity index (χ0n) is 17.3. The smallest absolute Gasteiger partial charge is 0.286 e. The number of amides is 1.